The molecular weight excluding hydrogens is 196 g/mol. The van der Waals surface area contributed by atoms with Gasteiger partial charge in [0.25, 0.3) is 0 Å². The molecule has 1 fully saturated rings. The molecule has 0 aromatic carbocycles. The minimum atomic E-state index is 0.319. The summed E-state index contributed by atoms with van der Waals surface area (Å²) in [5.74, 6) is 0. The quantitative estimate of drug-likeness (QED) is 0.798. The molecule has 0 spiro atoms. The van der Waals surface area contributed by atoms with Crippen LogP contribution in [0.5, 0.6) is 0 Å². The zero-order valence-electron chi connectivity index (χ0n) is 11.8. The Hall–Kier alpha value is -0.0800. The summed E-state index contributed by atoms with van der Waals surface area (Å²) < 4.78 is 0. The predicted octanol–water partition coefficient (Wildman–Crippen LogP) is 3.01. The molecule has 1 saturated carbocycles. The van der Waals surface area contributed by atoms with Crippen LogP contribution in [0, 0.1) is 5.41 Å². The molecule has 0 aromatic heterocycles. The molecule has 2 heteroatoms. The molecule has 96 valence electrons. The summed E-state index contributed by atoms with van der Waals surface area (Å²) >= 11 is 0. The average molecular weight is 226 g/mol. The average Bonchev–Trinajstić information content (AvgIpc) is 2.26. The van der Waals surface area contributed by atoms with E-state index < -0.39 is 0 Å². The zero-order valence-corrected chi connectivity index (χ0v) is 11.8. The van der Waals surface area contributed by atoms with Gasteiger partial charge in [-0.2, -0.15) is 0 Å². The Balaban J connectivity index is 2.47. The monoisotopic (exact) mass is 226 g/mol. The van der Waals surface area contributed by atoms with Gasteiger partial charge in [0.1, 0.15) is 0 Å². The van der Waals surface area contributed by atoms with Gasteiger partial charge in [-0.3, -0.25) is 4.90 Å². The second-order valence-electron chi connectivity index (χ2n) is 6.37. The van der Waals surface area contributed by atoms with Crippen LogP contribution in [0.1, 0.15) is 59.8 Å². The van der Waals surface area contributed by atoms with Crippen LogP contribution in [-0.4, -0.2) is 30.1 Å². The highest BCUT2D eigenvalue weighted by Crippen LogP contribution is 2.37. The Morgan fingerprint density at radius 2 is 1.81 bits per heavy atom. The third-order valence-electron chi connectivity index (χ3n) is 4.62. The van der Waals surface area contributed by atoms with E-state index in [-0.39, 0.29) is 0 Å². The first-order chi connectivity index (χ1) is 7.37. The zero-order chi connectivity index (χ0) is 12.3. The van der Waals surface area contributed by atoms with Crippen LogP contribution in [0.2, 0.25) is 0 Å². The molecule has 1 aliphatic carbocycles. The normalized spacial score (nSPS) is 25.7. The molecule has 2 N–H and O–H groups in total. The van der Waals surface area contributed by atoms with Crippen molar-refractivity contribution in [2.45, 2.75) is 77.9 Å². The van der Waals surface area contributed by atoms with Crippen molar-refractivity contribution in [3.05, 3.63) is 0 Å². The number of nitrogens with two attached hydrogens (primary N) is 1. The summed E-state index contributed by atoms with van der Waals surface area (Å²) in [5.41, 5.74) is 6.70. The van der Waals surface area contributed by atoms with Crippen molar-refractivity contribution >= 4 is 0 Å². The van der Waals surface area contributed by atoms with E-state index in [2.05, 4.69) is 39.6 Å². The Morgan fingerprint density at radius 3 is 2.25 bits per heavy atom. The molecule has 2 unspecified atom stereocenters. The van der Waals surface area contributed by atoms with Crippen molar-refractivity contribution in [1.29, 1.82) is 0 Å². The fourth-order valence-electron chi connectivity index (χ4n) is 2.77. The third kappa shape index (κ3) is 3.46. The Morgan fingerprint density at radius 1 is 1.31 bits per heavy atom. The van der Waals surface area contributed by atoms with Crippen LogP contribution >= 0.6 is 0 Å². The van der Waals surface area contributed by atoms with Crippen molar-refractivity contribution < 1.29 is 0 Å². The molecule has 0 aliphatic heterocycles. The van der Waals surface area contributed by atoms with Gasteiger partial charge in [0.15, 0.2) is 0 Å². The van der Waals surface area contributed by atoms with E-state index >= 15 is 0 Å². The van der Waals surface area contributed by atoms with Crippen LogP contribution in [0.15, 0.2) is 0 Å². The summed E-state index contributed by atoms with van der Waals surface area (Å²) in [6, 6.07) is 1.58. The molecule has 1 rings (SSSR count). The van der Waals surface area contributed by atoms with E-state index in [9.17, 15) is 0 Å². The fourth-order valence-corrected chi connectivity index (χ4v) is 2.77. The summed E-state index contributed by atoms with van der Waals surface area (Å²) in [6.07, 6.45) is 6.46. The highest BCUT2D eigenvalue weighted by atomic mass is 15.2. The molecule has 0 heterocycles. The van der Waals surface area contributed by atoms with Crippen molar-refractivity contribution in [3.63, 3.8) is 0 Å². The Kier molecular flexibility index (Phi) is 4.81. The van der Waals surface area contributed by atoms with E-state index in [4.69, 9.17) is 5.73 Å². The summed E-state index contributed by atoms with van der Waals surface area (Å²) in [4.78, 5) is 2.52. The van der Waals surface area contributed by atoms with Crippen LogP contribution in [0.3, 0.4) is 0 Å². The van der Waals surface area contributed by atoms with E-state index in [1.54, 1.807) is 0 Å². The van der Waals surface area contributed by atoms with Crippen molar-refractivity contribution in [2.75, 3.05) is 7.05 Å². The molecule has 0 saturated heterocycles. The SMILES string of the molecule is CCC(N)C(C)N(C)C1CCC(C)(C)CC1. The number of hydrogen-bond acceptors (Lipinski definition) is 2. The number of nitrogens with zero attached hydrogens (tertiary/aromatic N) is 1. The van der Waals surface area contributed by atoms with Gasteiger partial charge >= 0.3 is 0 Å². The van der Waals surface area contributed by atoms with Gasteiger partial charge in [0.05, 0.1) is 0 Å². The number of likely N-dealkylation sites (N-methyl/N-ethyl adjacent to an activating group) is 1. The maximum absolute atomic E-state index is 6.14. The largest absolute Gasteiger partial charge is 0.326 e. The first-order valence-electron chi connectivity index (χ1n) is 6.85. The van der Waals surface area contributed by atoms with Crippen LogP contribution in [-0.2, 0) is 0 Å². The standard InChI is InChI=1S/C14H30N2/c1-6-13(15)11(2)16(5)12-7-9-14(3,4)10-8-12/h11-13H,6-10,15H2,1-5H3. The van der Waals surface area contributed by atoms with Gasteiger partial charge in [0.2, 0.25) is 0 Å². The Labute approximate surface area is 102 Å². The van der Waals surface area contributed by atoms with E-state index in [0.717, 1.165) is 12.5 Å². The molecule has 16 heavy (non-hydrogen) atoms. The lowest BCUT2D eigenvalue weighted by molar-refractivity contribution is 0.0899. The van der Waals surface area contributed by atoms with E-state index in [0.29, 0.717) is 17.5 Å². The predicted molar refractivity (Wildman–Crippen MR) is 71.5 cm³/mol. The third-order valence-corrected chi connectivity index (χ3v) is 4.62. The van der Waals surface area contributed by atoms with Crippen molar-refractivity contribution in [2.24, 2.45) is 11.1 Å². The minimum Gasteiger partial charge on any atom is -0.326 e. The van der Waals surface area contributed by atoms with E-state index in [1.807, 2.05) is 0 Å². The first kappa shape index (κ1) is 14.0. The van der Waals surface area contributed by atoms with Crippen molar-refractivity contribution in [1.82, 2.24) is 4.90 Å². The topological polar surface area (TPSA) is 29.3 Å². The van der Waals surface area contributed by atoms with Crippen LogP contribution in [0.4, 0.5) is 0 Å². The van der Waals surface area contributed by atoms with Gasteiger partial charge in [0, 0.05) is 18.1 Å². The molecule has 1 aliphatic rings. The van der Waals surface area contributed by atoms with Crippen molar-refractivity contribution in [3.8, 4) is 0 Å². The summed E-state index contributed by atoms with van der Waals surface area (Å²) in [5, 5.41) is 0. The number of rotatable bonds is 4. The van der Waals surface area contributed by atoms with Gasteiger partial charge in [-0.05, 0) is 51.5 Å². The second kappa shape index (κ2) is 5.50. The molecule has 0 bridgehead atoms. The lowest BCUT2D eigenvalue weighted by Crippen LogP contribution is -2.49. The van der Waals surface area contributed by atoms with Gasteiger partial charge < -0.3 is 5.73 Å². The maximum atomic E-state index is 6.14. The smallest absolute Gasteiger partial charge is 0.0218 e. The van der Waals surface area contributed by atoms with E-state index in [1.165, 1.54) is 25.7 Å². The second-order valence-corrected chi connectivity index (χ2v) is 6.37. The van der Waals surface area contributed by atoms with Gasteiger partial charge in [-0.1, -0.05) is 20.8 Å². The van der Waals surface area contributed by atoms with Gasteiger partial charge in [-0.15, -0.1) is 0 Å². The summed E-state index contributed by atoms with van der Waals surface area (Å²) in [7, 11) is 2.25. The first-order valence-corrected chi connectivity index (χ1v) is 6.85. The molecule has 2 nitrogen and oxygen atoms in total. The fraction of sp³-hybridized carbons (Fsp3) is 1.00. The van der Waals surface area contributed by atoms with Crippen LogP contribution < -0.4 is 5.73 Å². The molecule has 0 aromatic rings. The molecular formula is C14H30N2. The summed E-state index contributed by atoms with van der Waals surface area (Å²) in [6.45, 7) is 9.24. The maximum Gasteiger partial charge on any atom is 0.0218 e. The molecule has 0 amide bonds. The molecule has 0 radical (unpaired) electrons. The van der Waals surface area contributed by atoms with Gasteiger partial charge in [-0.25, -0.2) is 0 Å². The highest BCUT2D eigenvalue weighted by molar-refractivity contribution is 4.86. The highest BCUT2D eigenvalue weighted by Gasteiger charge is 2.31. The minimum absolute atomic E-state index is 0.319. The lowest BCUT2D eigenvalue weighted by atomic mass is 9.75. The molecule has 2 atom stereocenters. The number of hydrogen-bond donors (Lipinski definition) is 1. The van der Waals surface area contributed by atoms with Crippen LogP contribution in [0.25, 0.3) is 0 Å². The Bertz CT molecular complexity index is 203. The lowest BCUT2D eigenvalue weighted by Gasteiger charge is -2.42.